The number of benzene rings is 2. The van der Waals surface area contributed by atoms with E-state index in [-0.39, 0.29) is 36.0 Å². The lowest BCUT2D eigenvalue weighted by Crippen LogP contribution is -2.50. The molecule has 2 aromatic rings. The smallest absolute Gasteiger partial charge is 0.243 e. The Labute approximate surface area is 185 Å². The molecule has 0 spiro atoms. The molecule has 1 saturated heterocycles. The van der Waals surface area contributed by atoms with Crippen molar-refractivity contribution in [3.05, 3.63) is 54.1 Å². The van der Waals surface area contributed by atoms with E-state index in [1.165, 1.54) is 20.7 Å². The van der Waals surface area contributed by atoms with E-state index in [0.717, 1.165) is 12.0 Å². The third-order valence-electron chi connectivity index (χ3n) is 5.67. The molecule has 3 rings (SSSR count). The van der Waals surface area contributed by atoms with Gasteiger partial charge in [0.05, 0.1) is 16.4 Å². The van der Waals surface area contributed by atoms with Crippen molar-refractivity contribution in [1.82, 2.24) is 8.61 Å². The van der Waals surface area contributed by atoms with Gasteiger partial charge in [0.2, 0.25) is 20.0 Å². The number of hydrogen-bond acceptors (Lipinski definition) is 5. The van der Waals surface area contributed by atoms with Crippen LogP contribution in [0.2, 0.25) is 0 Å². The van der Waals surface area contributed by atoms with Crippen molar-refractivity contribution in [2.75, 3.05) is 32.8 Å². The van der Waals surface area contributed by atoms with E-state index >= 15 is 0 Å². The van der Waals surface area contributed by atoms with Gasteiger partial charge in [0.1, 0.15) is 5.75 Å². The summed E-state index contributed by atoms with van der Waals surface area (Å²) < 4.78 is 59.9. The number of piperazine rings is 1. The molecule has 0 amide bonds. The Bertz CT molecular complexity index is 1070. The van der Waals surface area contributed by atoms with Crippen LogP contribution in [0.3, 0.4) is 0 Å². The second kappa shape index (κ2) is 9.68. The van der Waals surface area contributed by atoms with Crippen LogP contribution in [0.15, 0.2) is 58.3 Å². The van der Waals surface area contributed by atoms with Gasteiger partial charge in [0, 0.05) is 26.2 Å². The lowest BCUT2D eigenvalue weighted by molar-refractivity contribution is 0.273. The highest BCUT2D eigenvalue weighted by Crippen LogP contribution is 2.25. The highest BCUT2D eigenvalue weighted by molar-refractivity contribution is 7.89. The molecular weight excluding hydrogens is 436 g/mol. The minimum Gasteiger partial charge on any atom is -0.494 e. The summed E-state index contributed by atoms with van der Waals surface area (Å²) in [5, 5.41) is 0. The van der Waals surface area contributed by atoms with E-state index in [4.69, 9.17) is 4.74 Å². The van der Waals surface area contributed by atoms with Crippen LogP contribution in [0.1, 0.15) is 38.7 Å². The fraction of sp³-hybridized carbons (Fsp3) is 0.455. The van der Waals surface area contributed by atoms with Crippen LogP contribution in [-0.4, -0.2) is 58.2 Å². The molecule has 1 unspecified atom stereocenters. The van der Waals surface area contributed by atoms with Crippen LogP contribution < -0.4 is 4.74 Å². The molecule has 0 saturated carbocycles. The molecule has 0 bridgehead atoms. The number of rotatable bonds is 8. The molecule has 1 aliphatic rings. The Balaban J connectivity index is 1.69. The van der Waals surface area contributed by atoms with Crippen molar-refractivity contribution >= 4 is 20.0 Å². The Kier molecular flexibility index (Phi) is 7.41. The predicted octanol–water partition coefficient (Wildman–Crippen LogP) is 3.29. The summed E-state index contributed by atoms with van der Waals surface area (Å²) in [6.45, 7) is 7.02. The minimum atomic E-state index is -3.69. The van der Waals surface area contributed by atoms with Crippen LogP contribution in [0.4, 0.5) is 0 Å². The first-order valence-electron chi connectivity index (χ1n) is 10.5. The third kappa shape index (κ3) is 5.11. The van der Waals surface area contributed by atoms with Gasteiger partial charge in [-0.3, -0.25) is 0 Å². The third-order valence-corrected chi connectivity index (χ3v) is 9.50. The zero-order chi connectivity index (χ0) is 22.6. The molecule has 1 heterocycles. The van der Waals surface area contributed by atoms with Crippen molar-refractivity contribution in [2.24, 2.45) is 0 Å². The Morgan fingerprint density at radius 1 is 0.774 bits per heavy atom. The van der Waals surface area contributed by atoms with Crippen molar-refractivity contribution in [3.63, 3.8) is 0 Å². The van der Waals surface area contributed by atoms with Crippen molar-refractivity contribution < 1.29 is 21.6 Å². The lowest BCUT2D eigenvalue weighted by Gasteiger charge is -2.33. The summed E-state index contributed by atoms with van der Waals surface area (Å²) in [6.07, 6.45) is 0.983. The van der Waals surface area contributed by atoms with Gasteiger partial charge in [-0.2, -0.15) is 8.61 Å². The van der Waals surface area contributed by atoms with E-state index in [0.29, 0.717) is 18.3 Å². The monoisotopic (exact) mass is 466 g/mol. The van der Waals surface area contributed by atoms with Gasteiger partial charge in [-0.15, -0.1) is 0 Å². The molecule has 9 heteroatoms. The van der Waals surface area contributed by atoms with Crippen molar-refractivity contribution in [2.45, 2.75) is 42.9 Å². The average molecular weight is 467 g/mol. The van der Waals surface area contributed by atoms with Crippen molar-refractivity contribution in [1.29, 1.82) is 0 Å². The standard InChI is InChI=1S/C22H30N2O5S2/c1-4-18(3)19-6-10-21(11-7-19)30(25,26)23-14-16-24(17-15-23)31(27,28)22-12-8-20(9-13-22)29-5-2/h6-13,18H,4-5,14-17H2,1-3H3. The molecule has 0 aliphatic carbocycles. The maximum absolute atomic E-state index is 13.0. The maximum Gasteiger partial charge on any atom is 0.243 e. The van der Waals surface area contributed by atoms with Crippen LogP contribution in [0.25, 0.3) is 0 Å². The topological polar surface area (TPSA) is 84.0 Å². The Morgan fingerprint density at radius 3 is 1.58 bits per heavy atom. The van der Waals surface area contributed by atoms with Gasteiger partial charge in [-0.1, -0.05) is 26.0 Å². The summed E-state index contributed by atoms with van der Waals surface area (Å²) in [6, 6.07) is 13.3. The number of hydrogen-bond donors (Lipinski definition) is 0. The minimum absolute atomic E-state index is 0.111. The molecule has 0 N–H and O–H groups in total. The fourth-order valence-corrected chi connectivity index (χ4v) is 6.37. The first-order chi connectivity index (χ1) is 14.7. The largest absolute Gasteiger partial charge is 0.494 e. The molecule has 7 nitrogen and oxygen atoms in total. The number of sulfonamides is 2. The van der Waals surface area contributed by atoms with Crippen LogP contribution in [0.5, 0.6) is 5.75 Å². The summed E-state index contributed by atoms with van der Waals surface area (Å²) in [7, 11) is -7.35. The SMILES string of the molecule is CCOc1ccc(S(=O)(=O)N2CCN(S(=O)(=O)c3ccc(C(C)CC)cc3)CC2)cc1. The molecule has 1 atom stereocenters. The molecule has 1 fully saturated rings. The van der Waals surface area contributed by atoms with Gasteiger partial charge in [0.15, 0.2) is 0 Å². The summed E-state index contributed by atoms with van der Waals surface area (Å²) >= 11 is 0. The van der Waals surface area contributed by atoms with Gasteiger partial charge in [0.25, 0.3) is 0 Å². The van der Waals surface area contributed by atoms with Crippen LogP contribution >= 0.6 is 0 Å². The fourth-order valence-electron chi connectivity index (χ4n) is 3.53. The zero-order valence-corrected chi connectivity index (χ0v) is 19.8. The molecule has 1 aliphatic heterocycles. The van der Waals surface area contributed by atoms with E-state index in [1.807, 2.05) is 19.1 Å². The summed E-state index contributed by atoms with van der Waals surface area (Å²) in [5.74, 6) is 0.977. The highest BCUT2D eigenvalue weighted by atomic mass is 32.2. The number of ether oxygens (including phenoxy) is 1. The van der Waals surface area contributed by atoms with E-state index < -0.39 is 20.0 Å². The maximum atomic E-state index is 13.0. The van der Waals surface area contributed by atoms with E-state index in [1.54, 1.807) is 24.3 Å². The Hall–Kier alpha value is -1.94. The molecule has 0 radical (unpaired) electrons. The second-order valence-corrected chi connectivity index (χ2v) is 11.5. The predicted molar refractivity (Wildman–Crippen MR) is 120 cm³/mol. The molecule has 0 aromatic heterocycles. The van der Waals surface area contributed by atoms with Gasteiger partial charge >= 0.3 is 0 Å². The molecule has 31 heavy (non-hydrogen) atoms. The molecule has 2 aromatic carbocycles. The Morgan fingerprint density at radius 2 is 1.19 bits per heavy atom. The zero-order valence-electron chi connectivity index (χ0n) is 18.2. The molecular formula is C22H30N2O5S2. The number of nitrogens with zero attached hydrogens (tertiary/aromatic N) is 2. The van der Waals surface area contributed by atoms with E-state index in [2.05, 4.69) is 13.8 Å². The second-order valence-electron chi connectivity index (χ2n) is 7.59. The molecule has 170 valence electrons. The lowest BCUT2D eigenvalue weighted by atomic mass is 9.99. The van der Waals surface area contributed by atoms with Crippen LogP contribution in [0, 0.1) is 0 Å². The van der Waals surface area contributed by atoms with Gasteiger partial charge in [-0.25, -0.2) is 16.8 Å². The summed E-state index contributed by atoms with van der Waals surface area (Å²) in [5.41, 5.74) is 1.10. The normalized spacial score (nSPS) is 17.4. The van der Waals surface area contributed by atoms with Crippen LogP contribution in [-0.2, 0) is 20.0 Å². The summed E-state index contributed by atoms with van der Waals surface area (Å²) in [4.78, 5) is 0.412. The first kappa shape index (κ1) is 23.7. The quantitative estimate of drug-likeness (QED) is 0.596. The van der Waals surface area contributed by atoms with E-state index in [9.17, 15) is 16.8 Å². The van der Waals surface area contributed by atoms with Gasteiger partial charge in [-0.05, 0) is 61.2 Å². The highest BCUT2D eigenvalue weighted by Gasteiger charge is 2.33. The van der Waals surface area contributed by atoms with Crippen molar-refractivity contribution in [3.8, 4) is 5.75 Å². The van der Waals surface area contributed by atoms with Gasteiger partial charge < -0.3 is 4.74 Å². The first-order valence-corrected chi connectivity index (χ1v) is 13.4. The average Bonchev–Trinajstić information content (AvgIpc) is 2.79.